The molecule has 1 heterocycles. The summed E-state index contributed by atoms with van der Waals surface area (Å²) in [6, 6.07) is 16.4. The quantitative estimate of drug-likeness (QED) is 0.698. The summed E-state index contributed by atoms with van der Waals surface area (Å²) in [7, 11) is 0. The Kier molecular flexibility index (Phi) is 5.33. The Hall–Kier alpha value is -3.35. The maximum absolute atomic E-state index is 12.4. The SMILES string of the molecule is O=C(O)CC1CN(C(=O)[C@H]2C[C@H]2CNC(=O)OCC2c3ccccc3-c3ccccc32)C1. The van der Waals surface area contributed by atoms with Crippen LogP contribution in [0.3, 0.4) is 0 Å². The van der Waals surface area contributed by atoms with Crippen molar-refractivity contribution in [2.45, 2.75) is 18.8 Å². The number of amides is 2. The van der Waals surface area contributed by atoms with Crippen molar-refractivity contribution >= 4 is 18.0 Å². The summed E-state index contributed by atoms with van der Waals surface area (Å²) in [6.45, 7) is 1.73. The lowest BCUT2D eigenvalue weighted by molar-refractivity contribution is -0.145. The second-order valence-corrected chi connectivity index (χ2v) is 9.02. The number of ether oxygens (including phenoxy) is 1. The molecule has 166 valence electrons. The molecule has 2 atom stereocenters. The fraction of sp³-hybridized carbons (Fsp3) is 0.400. The molecule has 0 bridgehead atoms. The highest BCUT2D eigenvalue weighted by atomic mass is 16.5. The molecule has 0 spiro atoms. The molecule has 2 fully saturated rings. The molecule has 32 heavy (non-hydrogen) atoms. The zero-order valence-electron chi connectivity index (χ0n) is 17.7. The molecule has 1 saturated carbocycles. The van der Waals surface area contributed by atoms with Gasteiger partial charge in [-0.2, -0.15) is 0 Å². The van der Waals surface area contributed by atoms with Crippen LogP contribution in [0.25, 0.3) is 11.1 Å². The lowest BCUT2D eigenvalue weighted by Gasteiger charge is -2.38. The van der Waals surface area contributed by atoms with E-state index in [0.29, 0.717) is 19.6 Å². The van der Waals surface area contributed by atoms with Crippen LogP contribution >= 0.6 is 0 Å². The number of fused-ring (bicyclic) bond motifs is 3. The number of nitrogens with one attached hydrogen (secondary N) is 1. The Morgan fingerprint density at radius 3 is 2.25 bits per heavy atom. The highest BCUT2D eigenvalue weighted by Crippen LogP contribution is 2.44. The van der Waals surface area contributed by atoms with Gasteiger partial charge in [-0.15, -0.1) is 0 Å². The number of benzene rings is 2. The average Bonchev–Trinajstić information content (AvgIpc) is 3.48. The number of rotatable bonds is 7. The van der Waals surface area contributed by atoms with Gasteiger partial charge in [0.1, 0.15) is 6.61 Å². The number of carbonyl (C=O) groups is 3. The van der Waals surface area contributed by atoms with Crippen molar-refractivity contribution in [1.29, 1.82) is 0 Å². The molecule has 0 radical (unpaired) electrons. The minimum atomic E-state index is -0.821. The molecule has 2 N–H and O–H groups in total. The number of carbonyl (C=O) groups excluding carboxylic acids is 2. The maximum Gasteiger partial charge on any atom is 0.407 e. The van der Waals surface area contributed by atoms with Gasteiger partial charge in [0.2, 0.25) is 5.91 Å². The molecule has 7 nitrogen and oxygen atoms in total. The van der Waals surface area contributed by atoms with E-state index in [1.165, 1.54) is 22.3 Å². The van der Waals surface area contributed by atoms with Crippen LogP contribution in [0.4, 0.5) is 4.79 Å². The second-order valence-electron chi connectivity index (χ2n) is 9.02. The third-order valence-corrected chi connectivity index (χ3v) is 6.82. The smallest absolute Gasteiger partial charge is 0.407 e. The predicted molar refractivity (Wildman–Crippen MR) is 117 cm³/mol. The number of aliphatic carboxylic acids is 1. The molecule has 3 aliphatic rings. The van der Waals surface area contributed by atoms with Crippen molar-refractivity contribution in [2.24, 2.45) is 17.8 Å². The monoisotopic (exact) mass is 434 g/mol. The third kappa shape index (κ3) is 3.95. The Morgan fingerprint density at radius 2 is 1.62 bits per heavy atom. The van der Waals surface area contributed by atoms with E-state index in [0.717, 1.165) is 6.42 Å². The summed E-state index contributed by atoms with van der Waals surface area (Å²) in [6.07, 6.45) is 0.402. The van der Waals surface area contributed by atoms with Crippen LogP contribution in [-0.4, -0.2) is 54.2 Å². The summed E-state index contributed by atoms with van der Waals surface area (Å²) < 4.78 is 5.54. The highest BCUT2D eigenvalue weighted by Gasteiger charge is 2.47. The predicted octanol–water partition coefficient (Wildman–Crippen LogP) is 3.09. The minimum Gasteiger partial charge on any atom is -0.481 e. The van der Waals surface area contributed by atoms with Crippen molar-refractivity contribution in [1.82, 2.24) is 10.2 Å². The highest BCUT2D eigenvalue weighted by molar-refractivity contribution is 5.83. The topological polar surface area (TPSA) is 95.9 Å². The lowest BCUT2D eigenvalue weighted by Crippen LogP contribution is -2.51. The van der Waals surface area contributed by atoms with Crippen molar-refractivity contribution < 1.29 is 24.2 Å². The molecular formula is C25H26N2O5. The molecule has 2 aliphatic carbocycles. The Morgan fingerprint density at radius 1 is 1.00 bits per heavy atom. The first kappa shape index (κ1) is 20.5. The van der Waals surface area contributed by atoms with Gasteiger partial charge in [0.05, 0.1) is 6.42 Å². The zero-order valence-corrected chi connectivity index (χ0v) is 17.7. The van der Waals surface area contributed by atoms with Crippen molar-refractivity contribution in [2.75, 3.05) is 26.2 Å². The zero-order chi connectivity index (χ0) is 22.2. The Labute approximate surface area is 186 Å². The van der Waals surface area contributed by atoms with Crippen molar-refractivity contribution in [3.63, 3.8) is 0 Å². The average molecular weight is 434 g/mol. The van der Waals surface area contributed by atoms with Gasteiger partial charge in [-0.25, -0.2) is 4.79 Å². The van der Waals surface area contributed by atoms with Gasteiger partial charge in [-0.3, -0.25) is 9.59 Å². The van der Waals surface area contributed by atoms with Crippen LogP contribution in [0, 0.1) is 17.8 Å². The van der Waals surface area contributed by atoms with Gasteiger partial charge in [0.15, 0.2) is 0 Å². The van der Waals surface area contributed by atoms with E-state index in [1.807, 2.05) is 24.3 Å². The fourth-order valence-electron chi connectivity index (χ4n) is 5.00. The van der Waals surface area contributed by atoms with Crippen LogP contribution in [0.1, 0.15) is 29.9 Å². The largest absolute Gasteiger partial charge is 0.481 e. The molecule has 0 unspecified atom stereocenters. The number of alkyl carbamates (subject to hydrolysis) is 1. The number of hydrogen-bond acceptors (Lipinski definition) is 4. The molecule has 2 amide bonds. The molecule has 5 rings (SSSR count). The van der Waals surface area contributed by atoms with Gasteiger partial charge >= 0.3 is 12.1 Å². The third-order valence-electron chi connectivity index (χ3n) is 6.82. The van der Waals surface area contributed by atoms with E-state index in [-0.39, 0.29) is 42.6 Å². The van der Waals surface area contributed by atoms with E-state index in [1.54, 1.807) is 4.90 Å². The normalized spacial score (nSPS) is 21.3. The van der Waals surface area contributed by atoms with E-state index >= 15 is 0 Å². The van der Waals surface area contributed by atoms with E-state index in [9.17, 15) is 14.4 Å². The van der Waals surface area contributed by atoms with Crippen molar-refractivity contribution in [3.8, 4) is 11.1 Å². The van der Waals surface area contributed by atoms with Gasteiger partial charge in [-0.1, -0.05) is 48.5 Å². The van der Waals surface area contributed by atoms with Crippen molar-refractivity contribution in [3.05, 3.63) is 59.7 Å². The van der Waals surface area contributed by atoms with Gasteiger partial charge in [-0.05, 0) is 34.6 Å². The molecule has 1 saturated heterocycles. The van der Waals surface area contributed by atoms with Crippen LogP contribution < -0.4 is 5.32 Å². The van der Waals surface area contributed by atoms with Crippen LogP contribution in [0.2, 0.25) is 0 Å². The lowest BCUT2D eigenvalue weighted by atomic mass is 9.96. The molecule has 2 aromatic carbocycles. The summed E-state index contributed by atoms with van der Waals surface area (Å²) in [5.74, 6) is -0.609. The summed E-state index contributed by atoms with van der Waals surface area (Å²) in [5.41, 5.74) is 4.72. The minimum absolute atomic E-state index is 0.0218. The maximum atomic E-state index is 12.4. The number of nitrogens with zero attached hydrogens (tertiary/aromatic N) is 1. The number of likely N-dealkylation sites (tertiary alicyclic amines) is 1. The first-order valence-electron chi connectivity index (χ1n) is 11.1. The second kappa shape index (κ2) is 8.30. The Bertz CT molecular complexity index is 1020. The summed E-state index contributed by atoms with van der Waals surface area (Å²) in [5, 5.41) is 11.6. The van der Waals surface area contributed by atoms with Crippen LogP contribution in [-0.2, 0) is 14.3 Å². The van der Waals surface area contributed by atoms with Gasteiger partial charge < -0.3 is 20.1 Å². The van der Waals surface area contributed by atoms with Crippen LogP contribution in [0.15, 0.2) is 48.5 Å². The summed E-state index contributed by atoms with van der Waals surface area (Å²) in [4.78, 5) is 37.2. The number of carboxylic acids is 1. The standard InChI is InChI=1S/C25H26N2O5/c28-23(29)9-15-12-27(13-15)24(30)21-10-16(21)11-26-25(31)32-14-22-19-7-3-1-5-17(19)18-6-2-4-8-20(18)22/h1-8,15-16,21-22H,9-14H2,(H,26,31)(H,28,29)/t16-,21-/m0/s1. The number of hydrogen-bond donors (Lipinski definition) is 2. The van der Waals surface area contributed by atoms with E-state index < -0.39 is 12.1 Å². The van der Waals surface area contributed by atoms with Gasteiger partial charge in [0, 0.05) is 37.4 Å². The molecular weight excluding hydrogens is 408 g/mol. The summed E-state index contributed by atoms with van der Waals surface area (Å²) >= 11 is 0. The molecule has 1 aliphatic heterocycles. The van der Waals surface area contributed by atoms with Gasteiger partial charge in [0.25, 0.3) is 0 Å². The first-order chi connectivity index (χ1) is 15.5. The molecule has 7 heteroatoms. The van der Waals surface area contributed by atoms with Crippen LogP contribution in [0.5, 0.6) is 0 Å². The molecule has 2 aromatic rings. The fourth-order valence-corrected chi connectivity index (χ4v) is 5.00. The first-order valence-corrected chi connectivity index (χ1v) is 11.1. The van der Waals surface area contributed by atoms with E-state index in [4.69, 9.17) is 9.84 Å². The molecule has 0 aromatic heterocycles. The van der Waals surface area contributed by atoms with E-state index in [2.05, 4.69) is 29.6 Å². The Balaban J connectivity index is 1.08. The number of carboxylic acid groups (broad SMARTS) is 1.